The summed E-state index contributed by atoms with van der Waals surface area (Å²) in [5, 5.41) is 7.63. The molecule has 1 aromatic carbocycles. The number of thioether (sulfide) groups is 1. The van der Waals surface area contributed by atoms with E-state index in [0.29, 0.717) is 0 Å². The highest BCUT2D eigenvalue weighted by Gasteiger charge is 2.03. The van der Waals surface area contributed by atoms with E-state index in [4.69, 9.17) is 0 Å². The second-order valence-corrected chi connectivity index (χ2v) is 4.97. The maximum atomic E-state index is 4.17. The van der Waals surface area contributed by atoms with Crippen LogP contribution in [0.25, 0.3) is 5.69 Å². The summed E-state index contributed by atoms with van der Waals surface area (Å²) in [4.78, 5) is 3.98. The van der Waals surface area contributed by atoms with Gasteiger partial charge in [-0.1, -0.05) is 12.1 Å². The van der Waals surface area contributed by atoms with Gasteiger partial charge in [-0.3, -0.25) is 0 Å². The molecule has 0 aliphatic heterocycles. The first kappa shape index (κ1) is 13.0. The van der Waals surface area contributed by atoms with E-state index in [9.17, 15) is 0 Å². The molecule has 0 aliphatic carbocycles. The van der Waals surface area contributed by atoms with Crippen molar-refractivity contribution in [2.45, 2.75) is 12.8 Å². The maximum absolute atomic E-state index is 4.17. The summed E-state index contributed by atoms with van der Waals surface area (Å²) >= 11 is 1.90. The first-order chi connectivity index (χ1) is 8.92. The number of aromatic nitrogens is 3. The van der Waals surface area contributed by atoms with E-state index in [1.54, 1.807) is 17.3 Å². The Labute approximate surface area is 112 Å². The van der Waals surface area contributed by atoms with Crippen molar-refractivity contribution >= 4 is 17.4 Å². The molecule has 0 fully saturated rings. The first-order valence-corrected chi connectivity index (χ1v) is 7.48. The van der Waals surface area contributed by atoms with Crippen LogP contribution in [0.4, 0.5) is 5.69 Å². The third-order valence-corrected chi connectivity index (χ3v) is 3.36. The molecule has 2 aromatic rings. The largest absolute Gasteiger partial charge is 0.383 e. The van der Waals surface area contributed by atoms with Crippen LogP contribution in [0.15, 0.2) is 36.9 Å². The molecule has 0 atom stereocenters. The molecule has 1 N–H and O–H groups in total. The minimum absolute atomic E-state index is 0.992. The molecular weight excluding hydrogens is 244 g/mol. The molecule has 0 bridgehead atoms. The third kappa shape index (κ3) is 3.50. The van der Waals surface area contributed by atoms with E-state index in [2.05, 4.69) is 27.7 Å². The molecule has 0 saturated carbocycles. The van der Waals surface area contributed by atoms with Gasteiger partial charge in [0, 0.05) is 6.54 Å². The van der Waals surface area contributed by atoms with Gasteiger partial charge in [0.1, 0.15) is 12.7 Å². The van der Waals surface area contributed by atoms with E-state index in [0.717, 1.165) is 17.9 Å². The molecule has 5 heteroatoms. The van der Waals surface area contributed by atoms with Gasteiger partial charge in [0.15, 0.2) is 0 Å². The van der Waals surface area contributed by atoms with Crippen LogP contribution in [0.2, 0.25) is 0 Å². The monoisotopic (exact) mass is 262 g/mol. The molecule has 0 radical (unpaired) electrons. The van der Waals surface area contributed by atoms with E-state index < -0.39 is 0 Å². The summed E-state index contributed by atoms with van der Waals surface area (Å²) in [5.74, 6) is 1.23. The highest BCUT2D eigenvalue weighted by molar-refractivity contribution is 7.98. The van der Waals surface area contributed by atoms with Gasteiger partial charge in [-0.05, 0) is 37.0 Å². The summed E-state index contributed by atoms with van der Waals surface area (Å²) in [6.45, 7) is 0.992. The predicted molar refractivity (Wildman–Crippen MR) is 77.5 cm³/mol. The van der Waals surface area contributed by atoms with Crippen LogP contribution in [-0.2, 0) is 0 Å². The molecule has 18 heavy (non-hydrogen) atoms. The van der Waals surface area contributed by atoms with Crippen molar-refractivity contribution in [2.24, 2.45) is 0 Å². The van der Waals surface area contributed by atoms with Crippen molar-refractivity contribution in [2.75, 3.05) is 23.9 Å². The zero-order valence-corrected chi connectivity index (χ0v) is 11.4. The van der Waals surface area contributed by atoms with Crippen LogP contribution in [0.5, 0.6) is 0 Å². The minimum atomic E-state index is 0.992. The topological polar surface area (TPSA) is 42.7 Å². The molecular formula is C13H18N4S. The molecule has 1 heterocycles. The third-order valence-electron chi connectivity index (χ3n) is 2.66. The van der Waals surface area contributed by atoms with Gasteiger partial charge in [-0.2, -0.15) is 16.9 Å². The van der Waals surface area contributed by atoms with Crippen molar-refractivity contribution in [1.82, 2.24) is 14.8 Å². The van der Waals surface area contributed by atoms with Crippen LogP contribution in [-0.4, -0.2) is 33.3 Å². The lowest BCUT2D eigenvalue weighted by Gasteiger charge is -2.11. The molecule has 1 aromatic heterocycles. The van der Waals surface area contributed by atoms with Crippen LogP contribution < -0.4 is 5.32 Å². The van der Waals surface area contributed by atoms with E-state index in [1.165, 1.54) is 18.6 Å². The predicted octanol–water partition coefficient (Wildman–Crippen LogP) is 2.82. The highest BCUT2D eigenvalue weighted by Crippen LogP contribution is 2.18. The van der Waals surface area contributed by atoms with Gasteiger partial charge in [0.05, 0.1) is 11.4 Å². The molecule has 4 nitrogen and oxygen atoms in total. The van der Waals surface area contributed by atoms with Crippen molar-refractivity contribution < 1.29 is 0 Å². The average molecular weight is 262 g/mol. The first-order valence-electron chi connectivity index (χ1n) is 6.08. The Bertz CT molecular complexity index is 456. The van der Waals surface area contributed by atoms with Gasteiger partial charge < -0.3 is 5.32 Å². The molecule has 0 aliphatic rings. The quantitative estimate of drug-likeness (QED) is 0.779. The Balaban J connectivity index is 1.96. The number of unbranched alkanes of at least 4 members (excludes halogenated alkanes) is 1. The van der Waals surface area contributed by atoms with Crippen LogP contribution in [0, 0.1) is 0 Å². The van der Waals surface area contributed by atoms with E-state index in [1.807, 2.05) is 30.0 Å². The molecule has 0 saturated heterocycles. The normalized spacial score (nSPS) is 10.5. The second-order valence-electron chi connectivity index (χ2n) is 3.98. The molecule has 0 unspecified atom stereocenters. The average Bonchev–Trinajstić information content (AvgIpc) is 2.93. The zero-order chi connectivity index (χ0) is 12.6. The van der Waals surface area contributed by atoms with Crippen LogP contribution in [0.1, 0.15) is 12.8 Å². The number of hydrogen-bond donors (Lipinski definition) is 1. The Morgan fingerprint density at radius 1 is 1.28 bits per heavy atom. The fourth-order valence-corrected chi connectivity index (χ4v) is 2.24. The number of rotatable bonds is 7. The van der Waals surface area contributed by atoms with E-state index >= 15 is 0 Å². The summed E-state index contributed by atoms with van der Waals surface area (Å²) < 4.78 is 1.78. The van der Waals surface area contributed by atoms with Crippen molar-refractivity contribution in [3.63, 3.8) is 0 Å². The Morgan fingerprint density at radius 3 is 2.94 bits per heavy atom. The van der Waals surface area contributed by atoms with Crippen molar-refractivity contribution in [3.8, 4) is 5.69 Å². The molecule has 96 valence electrons. The summed E-state index contributed by atoms with van der Waals surface area (Å²) in [6.07, 6.45) is 7.85. The van der Waals surface area contributed by atoms with Gasteiger partial charge in [-0.15, -0.1) is 0 Å². The summed E-state index contributed by atoms with van der Waals surface area (Å²) in [5.41, 5.74) is 2.15. The SMILES string of the molecule is CSCCCCNc1ccccc1-n1cncn1. The fourth-order valence-electron chi connectivity index (χ4n) is 1.75. The van der Waals surface area contributed by atoms with Crippen molar-refractivity contribution in [3.05, 3.63) is 36.9 Å². The Morgan fingerprint density at radius 2 is 2.17 bits per heavy atom. The summed E-state index contributed by atoms with van der Waals surface area (Å²) in [7, 11) is 0. The highest BCUT2D eigenvalue weighted by atomic mass is 32.2. The lowest BCUT2D eigenvalue weighted by atomic mass is 10.2. The minimum Gasteiger partial charge on any atom is -0.383 e. The maximum Gasteiger partial charge on any atom is 0.138 e. The van der Waals surface area contributed by atoms with Gasteiger partial charge in [-0.25, -0.2) is 9.67 Å². The number of benzene rings is 1. The second kappa shape index (κ2) is 7.06. The van der Waals surface area contributed by atoms with Crippen molar-refractivity contribution in [1.29, 1.82) is 0 Å². The number of para-hydroxylation sites is 2. The molecule has 2 rings (SSSR count). The lowest BCUT2D eigenvalue weighted by molar-refractivity contribution is 0.835. The number of anilines is 1. The number of nitrogens with zero attached hydrogens (tertiary/aromatic N) is 3. The molecule has 0 amide bonds. The van der Waals surface area contributed by atoms with Crippen LogP contribution >= 0.6 is 11.8 Å². The van der Waals surface area contributed by atoms with Gasteiger partial charge in [0.2, 0.25) is 0 Å². The summed E-state index contributed by atoms with van der Waals surface area (Å²) in [6, 6.07) is 8.16. The Hall–Kier alpha value is -1.49. The van der Waals surface area contributed by atoms with Gasteiger partial charge in [0.25, 0.3) is 0 Å². The van der Waals surface area contributed by atoms with Crippen LogP contribution in [0.3, 0.4) is 0 Å². The number of nitrogens with one attached hydrogen (secondary N) is 1. The molecule has 0 spiro atoms. The zero-order valence-electron chi connectivity index (χ0n) is 10.5. The van der Waals surface area contributed by atoms with E-state index in [-0.39, 0.29) is 0 Å². The van der Waals surface area contributed by atoms with Gasteiger partial charge >= 0.3 is 0 Å². The number of hydrogen-bond acceptors (Lipinski definition) is 4. The lowest BCUT2D eigenvalue weighted by Crippen LogP contribution is -2.06. The Kier molecular flexibility index (Phi) is 5.08. The smallest absolute Gasteiger partial charge is 0.138 e. The standard InChI is InChI=1S/C13H18N4S/c1-18-9-5-4-8-15-12-6-2-3-7-13(12)17-11-14-10-16-17/h2-3,6-7,10-11,15H,4-5,8-9H2,1H3. The fraction of sp³-hybridized carbons (Fsp3) is 0.385.